The van der Waals surface area contributed by atoms with Crippen LogP contribution in [0.2, 0.25) is 0 Å². The predicted molar refractivity (Wildman–Crippen MR) is 72.5 cm³/mol. The van der Waals surface area contributed by atoms with Crippen LogP contribution in [-0.4, -0.2) is 41.0 Å². The Balaban J connectivity index is 1.86. The lowest BCUT2D eigenvalue weighted by Crippen LogP contribution is -2.54. The van der Waals surface area contributed by atoms with E-state index in [1.807, 2.05) is 0 Å². The van der Waals surface area contributed by atoms with Crippen molar-refractivity contribution >= 4 is 29.3 Å². The summed E-state index contributed by atoms with van der Waals surface area (Å²) in [6, 6.07) is 6.35. The van der Waals surface area contributed by atoms with Crippen LogP contribution in [0.25, 0.3) is 0 Å². The van der Waals surface area contributed by atoms with Crippen molar-refractivity contribution in [1.29, 1.82) is 0 Å². The first kappa shape index (κ1) is 13.9. The monoisotopic (exact) mass is 277 g/mol. The van der Waals surface area contributed by atoms with Crippen LogP contribution in [0.5, 0.6) is 0 Å². The molecule has 7 heteroatoms. The number of hydrogen-bond donors (Lipinski definition) is 3. The van der Waals surface area contributed by atoms with Crippen LogP contribution in [-0.2, 0) is 9.59 Å². The average molecular weight is 277 g/mol. The maximum Gasteiger partial charge on any atom is 0.321 e. The van der Waals surface area contributed by atoms with E-state index in [-0.39, 0.29) is 25.0 Å². The normalized spacial score (nSPS) is 14.3. The molecule has 0 bridgehead atoms. The third kappa shape index (κ3) is 3.25. The highest BCUT2D eigenvalue weighted by Crippen LogP contribution is 2.18. The molecule has 0 aromatic heterocycles. The van der Waals surface area contributed by atoms with Gasteiger partial charge in [-0.15, -0.1) is 0 Å². The molecular weight excluding hydrogens is 262 g/mol. The number of benzene rings is 1. The molecule has 1 aromatic rings. The van der Waals surface area contributed by atoms with E-state index in [4.69, 9.17) is 5.11 Å². The lowest BCUT2D eigenvalue weighted by molar-refractivity contribution is -0.145. The van der Waals surface area contributed by atoms with Gasteiger partial charge in [0.25, 0.3) is 0 Å². The van der Waals surface area contributed by atoms with Crippen LogP contribution in [0.1, 0.15) is 6.92 Å². The molecule has 1 saturated heterocycles. The number of carboxylic acid groups (broad SMARTS) is 1. The van der Waals surface area contributed by atoms with Gasteiger partial charge < -0.3 is 20.6 Å². The third-order valence-electron chi connectivity index (χ3n) is 2.97. The van der Waals surface area contributed by atoms with E-state index >= 15 is 0 Å². The zero-order valence-electron chi connectivity index (χ0n) is 10.9. The number of carbonyl (C=O) groups excluding carboxylic acids is 2. The average Bonchev–Trinajstić information content (AvgIpc) is 2.28. The van der Waals surface area contributed by atoms with Gasteiger partial charge >= 0.3 is 12.0 Å². The van der Waals surface area contributed by atoms with Gasteiger partial charge in [0.1, 0.15) is 0 Å². The Kier molecular flexibility index (Phi) is 3.88. The Labute approximate surface area is 115 Å². The van der Waals surface area contributed by atoms with Crippen molar-refractivity contribution in [1.82, 2.24) is 4.90 Å². The number of amides is 3. The molecule has 1 heterocycles. The van der Waals surface area contributed by atoms with Crippen LogP contribution >= 0.6 is 0 Å². The summed E-state index contributed by atoms with van der Waals surface area (Å²) in [5, 5.41) is 14.0. The summed E-state index contributed by atoms with van der Waals surface area (Å²) in [4.78, 5) is 34.7. The van der Waals surface area contributed by atoms with Gasteiger partial charge in [0, 0.05) is 31.4 Å². The molecular formula is C13H15N3O4. The lowest BCUT2D eigenvalue weighted by Gasteiger charge is -2.36. The van der Waals surface area contributed by atoms with Crippen molar-refractivity contribution in [2.75, 3.05) is 23.7 Å². The van der Waals surface area contributed by atoms with Gasteiger partial charge in [0.2, 0.25) is 5.91 Å². The molecule has 1 aliphatic heterocycles. The van der Waals surface area contributed by atoms with Crippen molar-refractivity contribution < 1.29 is 19.5 Å². The minimum Gasteiger partial charge on any atom is -0.481 e. The summed E-state index contributed by atoms with van der Waals surface area (Å²) in [6.07, 6.45) is 0. The highest BCUT2D eigenvalue weighted by atomic mass is 16.4. The molecule has 1 aliphatic rings. The first-order valence-electron chi connectivity index (χ1n) is 6.12. The Bertz CT molecular complexity index is 535. The molecule has 0 unspecified atom stereocenters. The van der Waals surface area contributed by atoms with Crippen molar-refractivity contribution in [3.63, 3.8) is 0 Å². The maximum absolute atomic E-state index is 11.8. The number of aliphatic carboxylic acids is 1. The molecule has 3 amide bonds. The van der Waals surface area contributed by atoms with Crippen molar-refractivity contribution in [2.45, 2.75) is 6.92 Å². The Morgan fingerprint density at radius 1 is 1.10 bits per heavy atom. The van der Waals surface area contributed by atoms with Crippen molar-refractivity contribution in [3.05, 3.63) is 24.3 Å². The minimum absolute atomic E-state index is 0.165. The second-order valence-electron chi connectivity index (χ2n) is 4.63. The van der Waals surface area contributed by atoms with Crippen LogP contribution < -0.4 is 10.6 Å². The van der Waals surface area contributed by atoms with Crippen molar-refractivity contribution in [2.24, 2.45) is 5.92 Å². The number of nitrogens with one attached hydrogen (secondary N) is 2. The summed E-state index contributed by atoms with van der Waals surface area (Å²) in [6.45, 7) is 1.87. The molecule has 3 N–H and O–H groups in total. The second kappa shape index (κ2) is 5.60. The standard InChI is InChI=1S/C13H15N3O4/c1-8(17)14-10-2-4-11(5-3-10)15-13(20)16-6-9(7-16)12(18)19/h2-5,9H,6-7H2,1H3,(H,14,17)(H,15,20)(H,18,19). The van der Waals surface area contributed by atoms with Gasteiger partial charge in [-0.05, 0) is 24.3 Å². The summed E-state index contributed by atoms with van der Waals surface area (Å²) in [7, 11) is 0. The first-order chi connectivity index (χ1) is 9.45. The fourth-order valence-electron chi connectivity index (χ4n) is 1.84. The number of rotatable bonds is 3. The van der Waals surface area contributed by atoms with Gasteiger partial charge in [-0.25, -0.2) is 4.79 Å². The molecule has 20 heavy (non-hydrogen) atoms. The SMILES string of the molecule is CC(=O)Nc1ccc(NC(=O)N2CC(C(=O)O)C2)cc1. The molecule has 2 rings (SSSR count). The summed E-state index contributed by atoms with van der Waals surface area (Å²) in [5.74, 6) is -1.52. The molecule has 7 nitrogen and oxygen atoms in total. The van der Waals surface area contributed by atoms with Gasteiger partial charge in [0.05, 0.1) is 5.92 Å². The number of carboxylic acids is 1. The van der Waals surface area contributed by atoms with Crippen LogP contribution in [0.4, 0.5) is 16.2 Å². The highest BCUT2D eigenvalue weighted by Gasteiger charge is 2.35. The molecule has 0 aliphatic carbocycles. The number of anilines is 2. The summed E-state index contributed by atoms with van der Waals surface area (Å²) < 4.78 is 0. The zero-order chi connectivity index (χ0) is 14.7. The van der Waals surface area contributed by atoms with E-state index in [1.165, 1.54) is 11.8 Å². The maximum atomic E-state index is 11.8. The summed E-state index contributed by atoms with van der Waals surface area (Å²) >= 11 is 0. The molecule has 0 saturated carbocycles. The van der Waals surface area contributed by atoms with Crippen LogP contribution in [0.3, 0.4) is 0 Å². The molecule has 0 spiro atoms. The van der Waals surface area contributed by atoms with Gasteiger partial charge in [0.15, 0.2) is 0 Å². The number of likely N-dealkylation sites (tertiary alicyclic amines) is 1. The Morgan fingerprint density at radius 2 is 1.60 bits per heavy atom. The highest BCUT2D eigenvalue weighted by molar-refractivity contribution is 5.92. The largest absolute Gasteiger partial charge is 0.481 e. The Morgan fingerprint density at radius 3 is 2.05 bits per heavy atom. The minimum atomic E-state index is -0.881. The topological polar surface area (TPSA) is 98.7 Å². The predicted octanol–water partition coefficient (Wildman–Crippen LogP) is 1.19. The quantitative estimate of drug-likeness (QED) is 0.772. The van der Waals surface area contributed by atoms with Crippen LogP contribution in [0.15, 0.2) is 24.3 Å². The van der Waals surface area contributed by atoms with E-state index in [9.17, 15) is 14.4 Å². The smallest absolute Gasteiger partial charge is 0.321 e. The van der Waals surface area contributed by atoms with Gasteiger partial charge in [-0.2, -0.15) is 0 Å². The third-order valence-corrected chi connectivity index (χ3v) is 2.97. The molecule has 0 radical (unpaired) electrons. The van der Waals surface area contributed by atoms with E-state index in [0.717, 1.165) is 0 Å². The fraction of sp³-hybridized carbons (Fsp3) is 0.308. The van der Waals surface area contributed by atoms with E-state index in [1.54, 1.807) is 24.3 Å². The number of carbonyl (C=O) groups is 3. The van der Waals surface area contributed by atoms with E-state index < -0.39 is 11.9 Å². The van der Waals surface area contributed by atoms with E-state index in [2.05, 4.69) is 10.6 Å². The Hall–Kier alpha value is -2.57. The fourth-order valence-corrected chi connectivity index (χ4v) is 1.84. The second-order valence-corrected chi connectivity index (χ2v) is 4.63. The first-order valence-corrected chi connectivity index (χ1v) is 6.12. The number of hydrogen-bond acceptors (Lipinski definition) is 3. The zero-order valence-corrected chi connectivity index (χ0v) is 10.9. The number of nitrogens with zero attached hydrogens (tertiary/aromatic N) is 1. The molecule has 1 aromatic carbocycles. The summed E-state index contributed by atoms with van der Waals surface area (Å²) in [5.41, 5.74) is 1.23. The lowest BCUT2D eigenvalue weighted by atomic mass is 10.0. The molecule has 106 valence electrons. The van der Waals surface area contributed by atoms with E-state index in [0.29, 0.717) is 11.4 Å². The van der Waals surface area contributed by atoms with Gasteiger partial charge in [-0.1, -0.05) is 0 Å². The van der Waals surface area contributed by atoms with Gasteiger partial charge in [-0.3, -0.25) is 9.59 Å². The van der Waals surface area contributed by atoms with Crippen LogP contribution in [0, 0.1) is 5.92 Å². The molecule has 1 fully saturated rings. The van der Waals surface area contributed by atoms with Crippen molar-refractivity contribution in [3.8, 4) is 0 Å². The molecule has 0 atom stereocenters. The number of urea groups is 1.